The molecule has 27 heavy (non-hydrogen) atoms. The topological polar surface area (TPSA) is 73.2 Å². The Bertz CT molecular complexity index is 840. The minimum Gasteiger partial charge on any atom is -0.452 e. The molecule has 1 aromatic carbocycles. The fourth-order valence-corrected chi connectivity index (χ4v) is 2.00. The Kier molecular flexibility index (Phi) is 5.47. The van der Waals surface area contributed by atoms with Crippen LogP contribution < -0.4 is 5.32 Å². The number of aromatic nitrogens is 2. The average molecular weight is 395 g/mol. The number of nitrogens with one attached hydrogen (secondary N) is 1. The molecular formula is C15H11F6N3O3. The zero-order valence-corrected chi connectivity index (χ0v) is 13.5. The molecule has 1 N–H and O–H groups in total. The van der Waals surface area contributed by atoms with E-state index in [4.69, 9.17) is 0 Å². The van der Waals surface area contributed by atoms with Gasteiger partial charge in [-0.2, -0.15) is 31.4 Å². The smallest absolute Gasteiger partial charge is 0.436 e. The lowest BCUT2D eigenvalue weighted by Gasteiger charge is -2.09. The van der Waals surface area contributed by atoms with Crippen molar-refractivity contribution < 1.29 is 40.7 Å². The van der Waals surface area contributed by atoms with Gasteiger partial charge in [-0.1, -0.05) is 0 Å². The van der Waals surface area contributed by atoms with Crippen molar-refractivity contribution in [2.75, 3.05) is 11.9 Å². The van der Waals surface area contributed by atoms with Crippen molar-refractivity contribution in [2.45, 2.75) is 12.4 Å². The van der Waals surface area contributed by atoms with Gasteiger partial charge < -0.3 is 10.1 Å². The van der Waals surface area contributed by atoms with Crippen LogP contribution in [0.4, 0.5) is 32.0 Å². The highest BCUT2D eigenvalue weighted by atomic mass is 19.4. The van der Waals surface area contributed by atoms with Crippen LogP contribution in [0.1, 0.15) is 21.6 Å². The van der Waals surface area contributed by atoms with Crippen LogP contribution in [-0.2, 0) is 28.9 Å². The molecule has 146 valence electrons. The predicted octanol–water partition coefficient (Wildman–Crippen LogP) is 3.25. The summed E-state index contributed by atoms with van der Waals surface area (Å²) in [5.41, 5.74) is -3.27. The second-order valence-corrected chi connectivity index (χ2v) is 5.26. The zero-order valence-electron chi connectivity index (χ0n) is 13.5. The number of ether oxygens (including phenoxy) is 1. The fraction of sp³-hybridized carbons (Fsp3) is 0.267. The molecule has 0 aliphatic rings. The molecule has 2 aromatic rings. The highest BCUT2D eigenvalue weighted by Crippen LogP contribution is 2.31. The molecular weight excluding hydrogens is 384 g/mol. The molecule has 0 bridgehead atoms. The highest BCUT2D eigenvalue weighted by Gasteiger charge is 2.39. The molecule has 1 aromatic heterocycles. The molecule has 0 spiro atoms. The number of hydrogen-bond donors (Lipinski definition) is 1. The lowest BCUT2D eigenvalue weighted by molar-refractivity contribution is -0.142. The normalized spacial score (nSPS) is 12.0. The number of amides is 1. The van der Waals surface area contributed by atoms with Crippen LogP contribution in [0.15, 0.2) is 30.5 Å². The van der Waals surface area contributed by atoms with E-state index in [1.807, 2.05) is 0 Å². The molecule has 6 nitrogen and oxygen atoms in total. The van der Waals surface area contributed by atoms with E-state index in [2.05, 4.69) is 15.2 Å². The maximum absolute atomic E-state index is 12.8. The molecule has 0 unspecified atom stereocenters. The van der Waals surface area contributed by atoms with E-state index in [0.717, 1.165) is 35.1 Å². The van der Waals surface area contributed by atoms with Gasteiger partial charge in [-0.3, -0.25) is 9.48 Å². The number of nitrogens with zero attached hydrogens (tertiary/aromatic N) is 2. The van der Waals surface area contributed by atoms with Gasteiger partial charge in [0.15, 0.2) is 12.3 Å². The summed E-state index contributed by atoms with van der Waals surface area (Å²) in [6, 6.07) is 3.41. The van der Waals surface area contributed by atoms with Crippen molar-refractivity contribution in [1.29, 1.82) is 0 Å². The van der Waals surface area contributed by atoms with Gasteiger partial charge in [0.05, 0.1) is 5.56 Å². The molecule has 12 heteroatoms. The number of esters is 1. The highest BCUT2D eigenvalue weighted by molar-refractivity contribution is 5.95. The minimum atomic E-state index is -4.89. The van der Waals surface area contributed by atoms with E-state index >= 15 is 0 Å². The number of rotatable bonds is 4. The second-order valence-electron chi connectivity index (χ2n) is 5.26. The number of hydrogen-bond acceptors (Lipinski definition) is 4. The average Bonchev–Trinajstić information content (AvgIpc) is 2.94. The first-order chi connectivity index (χ1) is 12.4. The molecule has 1 heterocycles. The molecule has 0 radical (unpaired) electrons. The van der Waals surface area contributed by atoms with Crippen LogP contribution >= 0.6 is 0 Å². The van der Waals surface area contributed by atoms with Crippen LogP contribution in [0.25, 0.3) is 0 Å². The Morgan fingerprint density at radius 3 is 2.19 bits per heavy atom. The van der Waals surface area contributed by atoms with Gasteiger partial charge in [-0.15, -0.1) is 0 Å². The van der Waals surface area contributed by atoms with Crippen molar-refractivity contribution in [2.24, 2.45) is 7.05 Å². The van der Waals surface area contributed by atoms with Gasteiger partial charge in [0.1, 0.15) is 5.56 Å². The Balaban J connectivity index is 1.97. The lowest BCUT2D eigenvalue weighted by atomic mass is 10.2. The Labute approximate surface area is 147 Å². The third kappa shape index (κ3) is 5.21. The molecule has 2 rings (SSSR count). The monoisotopic (exact) mass is 395 g/mol. The first-order valence-electron chi connectivity index (χ1n) is 7.13. The lowest BCUT2D eigenvalue weighted by Crippen LogP contribution is -2.22. The summed E-state index contributed by atoms with van der Waals surface area (Å²) in [4.78, 5) is 23.4. The van der Waals surface area contributed by atoms with Crippen molar-refractivity contribution >= 4 is 17.6 Å². The maximum atomic E-state index is 12.8. The number of carbonyl (C=O) groups excluding carboxylic acids is 2. The molecule has 0 fully saturated rings. The Hall–Kier alpha value is -3.05. The van der Waals surface area contributed by atoms with E-state index in [-0.39, 0.29) is 5.69 Å². The van der Waals surface area contributed by atoms with Crippen molar-refractivity contribution in [3.8, 4) is 0 Å². The molecule has 0 atom stereocenters. The first kappa shape index (κ1) is 20.3. The maximum Gasteiger partial charge on any atom is 0.436 e. The summed E-state index contributed by atoms with van der Waals surface area (Å²) in [7, 11) is 1.17. The summed E-state index contributed by atoms with van der Waals surface area (Å²) in [6.45, 7) is -0.938. The van der Waals surface area contributed by atoms with Crippen molar-refractivity contribution in [3.05, 3.63) is 47.3 Å². The molecule has 0 saturated heterocycles. The van der Waals surface area contributed by atoms with Crippen molar-refractivity contribution in [1.82, 2.24) is 9.78 Å². The van der Waals surface area contributed by atoms with E-state index in [9.17, 15) is 35.9 Å². The number of aryl methyl sites for hydroxylation is 1. The van der Waals surface area contributed by atoms with Gasteiger partial charge in [0.25, 0.3) is 5.91 Å². The van der Waals surface area contributed by atoms with E-state index < -0.39 is 47.7 Å². The van der Waals surface area contributed by atoms with E-state index in [1.54, 1.807) is 0 Å². The number of halogens is 6. The van der Waals surface area contributed by atoms with E-state index in [1.165, 1.54) is 7.05 Å². The minimum absolute atomic E-state index is 0.0126. The van der Waals surface area contributed by atoms with Crippen LogP contribution in [0.3, 0.4) is 0 Å². The third-order valence-corrected chi connectivity index (χ3v) is 3.15. The number of anilines is 1. The largest absolute Gasteiger partial charge is 0.452 e. The summed E-state index contributed by atoms with van der Waals surface area (Å²) in [5.74, 6) is -2.36. The third-order valence-electron chi connectivity index (χ3n) is 3.15. The summed E-state index contributed by atoms with van der Waals surface area (Å²) < 4.78 is 80.9. The molecule has 0 aliphatic heterocycles. The van der Waals surface area contributed by atoms with Crippen LogP contribution in [-0.4, -0.2) is 28.3 Å². The number of carbonyl (C=O) groups is 2. The Morgan fingerprint density at radius 2 is 1.67 bits per heavy atom. The second kappa shape index (κ2) is 7.29. The Morgan fingerprint density at radius 1 is 1.07 bits per heavy atom. The van der Waals surface area contributed by atoms with Crippen LogP contribution in [0, 0.1) is 0 Å². The zero-order chi connectivity index (χ0) is 20.4. The standard InChI is InChI=1S/C15H11F6N3O3/c1-24-6-10(12(23-24)15(19,20)21)13(26)27-7-11(25)22-9-4-2-8(3-5-9)14(16,17)18/h2-6H,7H2,1H3,(H,22,25). The first-order valence-corrected chi connectivity index (χ1v) is 7.13. The SMILES string of the molecule is Cn1cc(C(=O)OCC(=O)Nc2ccc(C(F)(F)F)cc2)c(C(F)(F)F)n1. The van der Waals surface area contributed by atoms with Gasteiger partial charge >= 0.3 is 18.3 Å². The number of alkyl halides is 6. The van der Waals surface area contributed by atoms with Gasteiger partial charge in [-0.25, -0.2) is 4.79 Å². The fourth-order valence-electron chi connectivity index (χ4n) is 2.00. The van der Waals surface area contributed by atoms with Crippen molar-refractivity contribution in [3.63, 3.8) is 0 Å². The summed E-state index contributed by atoms with van der Waals surface area (Å²) >= 11 is 0. The van der Waals surface area contributed by atoms with E-state index in [0.29, 0.717) is 0 Å². The van der Waals surface area contributed by atoms with Gasteiger partial charge in [-0.05, 0) is 24.3 Å². The molecule has 0 saturated carbocycles. The van der Waals surface area contributed by atoms with Crippen LogP contribution in [0.2, 0.25) is 0 Å². The summed E-state index contributed by atoms with van der Waals surface area (Å²) in [5, 5.41) is 5.28. The van der Waals surface area contributed by atoms with Crippen LogP contribution in [0.5, 0.6) is 0 Å². The van der Waals surface area contributed by atoms with Gasteiger partial charge in [0, 0.05) is 18.9 Å². The number of benzene rings is 1. The predicted molar refractivity (Wildman–Crippen MR) is 78.6 cm³/mol. The molecule has 1 amide bonds. The molecule has 0 aliphatic carbocycles. The summed E-state index contributed by atoms with van der Waals surface area (Å²) in [6.07, 6.45) is -8.64. The van der Waals surface area contributed by atoms with Gasteiger partial charge in [0.2, 0.25) is 0 Å². The quantitative estimate of drug-likeness (QED) is 0.637.